The van der Waals surface area contributed by atoms with Crippen LogP contribution in [0.15, 0.2) is 42.6 Å². The molecule has 1 aliphatic heterocycles. The van der Waals surface area contributed by atoms with E-state index in [0.717, 1.165) is 17.6 Å². The van der Waals surface area contributed by atoms with E-state index in [1.54, 1.807) is 19.4 Å². The van der Waals surface area contributed by atoms with Gasteiger partial charge in [-0.05, 0) is 17.5 Å². The molecule has 1 aromatic carbocycles. The zero-order chi connectivity index (χ0) is 19.3. The van der Waals surface area contributed by atoms with Crippen molar-refractivity contribution in [2.45, 2.75) is 6.42 Å². The Morgan fingerprint density at radius 3 is 2.82 bits per heavy atom. The maximum atomic E-state index is 12.4. The molecule has 8 heteroatoms. The number of nitrogens with one attached hydrogen (secondary N) is 2. The number of urea groups is 1. The molecule has 2 aromatic heterocycles. The van der Waals surface area contributed by atoms with E-state index in [1.165, 1.54) is 5.39 Å². The van der Waals surface area contributed by atoms with E-state index < -0.39 is 0 Å². The molecule has 0 unspecified atom stereocenters. The minimum absolute atomic E-state index is 0.0256. The third-order valence-corrected chi connectivity index (χ3v) is 4.93. The number of rotatable bonds is 5. The molecule has 0 radical (unpaired) electrons. The van der Waals surface area contributed by atoms with Gasteiger partial charge in [-0.2, -0.15) is 4.98 Å². The number of amides is 2. The molecule has 28 heavy (non-hydrogen) atoms. The molecule has 3 heterocycles. The Kier molecular flexibility index (Phi) is 5.27. The highest BCUT2D eigenvalue weighted by atomic mass is 16.5. The number of anilines is 1. The molecule has 1 aliphatic rings. The van der Waals surface area contributed by atoms with E-state index in [0.29, 0.717) is 44.6 Å². The largest absolute Gasteiger partial charge is 0.481 e. The zero-order valence-corrected chi connectivity index (χ0v) is 15.9. The van der Waals surface area contributed by atoms with Gasteiger partial charge < -0.3 is 24.8 Å². The van der Waals surface area contributed by atoms with Crippen molar-refractivity contribution in [3.63, 3.8) is 0 Å². The number of ether oxygens (including phenoxy) is 1. The van der Waals surface area contributed by atoms with Crippen LogP contribution >= 0.6 is 0 Å². The summed E-state index contributed by atoms with van der Waals surface area (Å²) in [7, 11) is 1.59. The Morgan fingerprint density at radius 1 is 1.21 bits per heavy atom. The topological polar surface area (TPSA) is 86.4 Å². The molecule has 0 saturated carbocycles. The van der Waals surface area contributed by atoms with Crippen LogP contribution in [-0.4, -0.2) is 65.7 Å². The molecule has 4 rings (SSSR count). The second kappa shape index (κ2) is 8.16. The average molecular weight is 380 g/mol. The predicted octanol–water partition coefficient (Wildman–Crippen LogP) is 2.04. The van der Waals surface area contributed by atoms with Crippen molar-refractivity contribution in [3.8, 4) is 5.88 Å². The van der Waals surface area contributed by atoms with Gasteiger partial charge >= 0.3 is 6.03 Å². The van der Waals surface area contributed by atoms with Gasteiger partial charge in [-0.15, -0.1) is 0 Å². The first-order valence-corrected chi connectivity index (χ1v) is 9.44. The highest BCUT2D eigenvalue weighted by Gasteiger charge is 2.22. The minimum Gasteiger partial charge on any atom is -0.481 e. The number of carbonyl (C=O) groups is 1. The Bertz CT molecular complexity index is 916. The molecule has 0 atom stereocenters. The average Bonchev–Trinajstić information content (AvgIpc) is 3.16. The van der Waals surface area contributed by atoms with Crippen LogP contribution in [0, 0.1) is 0 Å². The number of para-hydroxylation sites is 1. The fourth-order valence-corrected chi connectivity index (χ4v) is 3.39. The SMILES string of the molecule is COc1ccnc(N2CCN(C(=O)NCCc3cc4ccccc4[nH]3)CC2)n1. The summed E-state index contributed by atoms with van der Waals surface area (Å²) in [6.45, 7) is 3.27. The summed E-state index contributed by atoms with van der Waals surface area (Å²) in [4.78, 5) is 28.4. The van der Waals surface area contributed by atoms with E-state index in [2.05, 4.69) is 43.4 Å². The van der Waals surface area contributed by atoms with E-state index in [-0.39, 0.29) is 6.03 Å². The molecule has 1 saturated heterocycles. The van der Waals surface area contributed by atoms with E-state index >= 15 is 0 Å². The zero-order valence-electron chi connectivity index (χ0n) is 15.9. The first-order chi connectivity index (χ1) is 13.7. The van der Waals surface area contributed by atoms with Crippen molar-refractivity contribution in [1.29, 1.82) is 0 Å². The Morgan fingerprint density at radius 2 is 2.04 bits per heavy atom. The second-order valence-electron chi connectivity index (χ2n) is 6.74. The van der Waals surface area contributed by atoms with Crippen LogP contribution in [0.4, 0.5) is 10.7 Å². The lowest BCUT2D eigenvalue weighted by molar-refractivity contribution is 0.194. The number of carbonyl (C=O) groups excluding carboxylic acids is 1. The normalized spacial score (nSPS) is 14.3. The molecule has 0 aliphatic carbocycles. The van der Waals surface area contributed by atoms with E-state index in [9.17, 15) is 4.79 Å². The van der Waals surface area contributed by atoms with Crippen LogP contribution < -0.4 is 15.0 Å². The quantitative estimate of drug-likeness (QED) is 0.707. The second-order valence-corrected chi connectivity index (χ2v) is 6.74. The summed E-state index contributed by atoms with van der Waals surface area (Å²) in [6.07, 6.45) is 2.46. The van der Waals surface area contributed by atoms with E-state index in [1.807, 2.05) is 17.0 Å². The number of aromatic amines is 1. The summed E-state index contributed by atoms with van der Waals surface area (Å²) < 4.78 is 5.15. The van der Waals surface area contributed by atoms with Crippen LogP contribution in [0.1, 0.15) is 5.69 Å². The number of methoxy groups -OCH3 is 1. The fourth-order valence-electron chi connectivity index (χ4n) is 3.39. The number of hydrogen-bond donors (Lipinski definition) is 2. The number of H-pyrrole nitrogens is 1. The van der Waals surface area contributed by atoms with Gasteiger partial charge in [-0.1, -0.05) is 18.2 Å². The van der Waals surface area contributed by atoms with E-state index in [4.69, 9.17) is 4.74 Å². The fraction of sp³-hybridized carbons (Fsp3) is 0.350. The molecular formula is C20H24N6O2. The number of aromatic nitrogens is 3. The van der Waals surface area contributed by atoms with Gasteiger partial charge in [0.05, 0.1) is 7.11 Å². The minimum atomic E-state index is -0.0256. The summed E-state index contributed by atoms with van der Waals surface area (Å²) in [5.74, 6) is 1.18. The van der Waals surface area contributed by atoms with Crippen molar-refractivity contribution in [1.82, 2.24) is 25.2 Å². The molecule has 3 aromatic rings. The maximum absolute atomic E-state index is 12.4. The number of hydrogen-bond acceptors (Lipinski definition) is 5. The lowest BCUT2D eigenvalue weighted by Crippen LogP contribution is -2.52. The van der Waals surface area contributed by atoms with Gasteiger partial charge in [0.2, 0.25) is 11.8 Å². The van der Waals surface area contributed by atoms with Crippen molar-refractivity contribution in [2.24, 2.45) is 0 Å². The van der Waals surface area contributed by atoms with Crippen LogP contribution in [0.3, 0.4) is 0 Å². The highest BCUT2D eigenvalue weighted by molar-refractivity contribution is 5.80. The van der Waals surface area contributed by atoms with Gasteiger partial charge in [0, 0.05) is 62.6 Å². The number of nitrogens with zero attached hydrogens (tertiary/aromatic N) is 4. The Hall–Kier alpha value is -3.29. The summed E-state index contributed by atoms with van der Waals surface area (Å²) in [5.41, 5.74) is 2.25. The van der Waals surface area contributed by atoms with Crippen molar-refractivity contribution >= 4 is 22.9 Å². The van der Waals surface area contributed by atoms with Crippen molar-refractivity contribution in [2.75, 3.05) is 44.7 Å². The van der Waals surface area contributed by atoms with Crippen LogP contribution in [0.2, 0.25) is 0 Å². The smallest absolute Gasteiger partial charge is 0.317 e. The van der Waals surface area contributed by atoms with Crippen molar-refractivity contribution < 1.29 is 9.53 Å². The van der Waals surface area contributed by atoms with Crippen molar-refractivity contribution in [3.05, 3.63) is 48.3 Å². The molecular weight excluding hydrogens is 356 g/mol. The van der Waals surface area contributed by atoms with Crippen LogP contribution in [0.5, 0.6) is 5.88 Å². The van der Waals surface area contributed by atoms with Gasteiger partial charge in [0.15, 0.2) is 0 Å². The van der Waals surface area contributed by atoms with Crippen LogP contribution in [0.25, 0.3) is 10.9 Å². The molecule has 0 bridgehead atoms. The number of fused-ring (bicyclic) bond motifs is 1. The monoisotopic (exact) mass is 380 g/mol. The molecule has 0 spiro atoms. The Balaban J connectivity index is 1.24. The van der Waals surface area contributed by atoms with Gasteiger partial charge in [-0.25, -0.2) is 9.78 Å². The molecule has 2 amide bonds. The highest BCUT2D eigenvalue weighted by Crippen LogP contribution is 2.16. The molecule has 2 N–H and O–H groups in total. The lowest BCUT2D eigenvalue weighted by Gasteiger charge is -2.34. The van der Waals surface area contributed by atoms with Gasteiger partial charge in [0.1, 0.15) is 0 Å². The summed E-state index contributed by atoms with van der Waals surface area (Å²) in [5, 5.41) is 4.21. The number of piperazine rings is 1. The van der Waals surface area contributed by atoms with Crippen LogP contribution in [-0.2, 0) is 6.42 Å². The molecule has 1 fully saturated rings. The van der Waals surface area contributed by atoms with Gasteiger partial charge in [0.25, 0.3) is 0 Å². The first kappa shape index (κ1) is 18.1. The summed E-state index contributed by atoms with van der Waals surface area (Å²) >= 11 is 0. The van der Waals surface area contributed by atoms with Gasteiger partial charge in [-0.3, -0.25) is 0 Å². The Labute approximate surface area is 163 Å². The third kappa shape index (κ3) is 4.00. The third-order valence-electron chi connectivity index (χ3n) is 4.93. The summed E-state index contributed by atoms with van der Waals surface area (Å²) in [6, 6.07) is 12.0. The number of benzene rings is 1. The lowest BCUT2D eigenvalue weighted by atomic mass is 10.2. The standard InChI is InChI=1S/C20H24N6O2/c1-28-18-7-9-21-19(24-18)25-10-12-26(13-11-25)20(27)22-8-6-16-14-15-4-2-3-5-17(15)23-16/h2-5,7,9,14,23H,6,8,10-13H2,1H3,(H,22,27). The maximum Gasteiger partial charge on any atom is 0.317 e. The molecule has 8 nitrogen and oxygen atoms in total. The first-order valence-electron chi connectivity index (χ1n) is 9.44. The predicted molar refractivity (Wildman–Crippen MR) is 108 cm³/mol. The molecule has 146 valence electrons.